The van der Waals surface area contributed by atoms with Crippen LogP contribution in [0, 0.1) is 0 Å². The van der Waals surface area contributed by atoms with E-state index < -0.39 is 10.0 Å². The zero-order valence-corrected chi connectivity index (χ0v) is 19.5. The average molecular weight is 447 g/mol. The van der Waals surface area contributed by atoms with Gasteiger partial charge in [-0.3, -0.25) is 4.79 Å². The minimum absolute atomic E-state index is 0.115. The van der Waals surface area contributed by atoms with E-state index in [1.165, 1.54) is 18.4 Å². The summed E-state index contributed by atoms with van der Waals surface area (Å²) in [5.74, 6) is 1.32. The van der Waals surface area contributed by atoms with Crippen LogP contribution in [0.4, 0.5) is 5.82 Å². The number of hydrogen-bond donors (Lipinski definition) is 1. The summed E-state index contributed by atoms with van der Waals surface area (Å²) < 4.78 is 29.9. The average Bonchev–Trinajstić information content (AvgIpc) is 3.34. The molecular formula is C21H30N6O3S. The summed E-state index contributed by atoms with van der Waals surface area (Å²) in [5.41, 5.74) is 1.46. The lowest BCUT2D eigenvalue weighted by Gasteiger charge is -2.14. The Morgan fingerprint density at radius 3 is 2.61 bits per heavy atom. The Kier molecular flexibility index (Phi) is 6.80. The molecule has 1 unspecified atom stereocenters. The van der Waals surface area contributed by atoms with Crippen molar-refractivity contribution in [2.45, 2.75) is 57.5 Å². The van der Waals surface area contributed by atoms with Gasteiger partial charge in [-0.15, -0.1) is 0 Å². The number of rotatable bonds is 9. The van der Waals surface area contributed by atoms with Crippen LogP contribution in [-0.2, 0) is 27.8 Å². The molecule has 0 saturated carbocycles. The number of sulfonamides is 1. The fourth-order valence-electron chi connectivity index (χ4n) is 3.44. The summed E-state index contributed by atoms with van der Waals surface area (Å²) in [7, 11) is -0.532. The third kappa shape index (κ3) is 4.64. The number of anilines is 1. The molecule has 10 heteroatoms. The number of nitrogens with one attached hydrogen (secondary N) is 1. The summed E-state index contributed by atoms with van der Waals surface area (Å²) in [4.78, 5) is 17.4. The molecule has 1 atom stereocenters. The SMILES string of the molecule is CCC(C)n1nccc1NC(=O)CCc1nc2cc(S(=O)(=O)N(C)C)ccc2n1CC. The number of hydrogen-bond acceptors (Lipinski definition) is 5. The van der Waals surface area contributed by atoms with Gasteiger partial charge in [0, 0.05) is 39.5 Å². The number of amides is 1. The number of carbonyl (C=O) groups excluding carboxylic acids is 1. The summed E-state index contributed by atoms with van der Waals surface area (Å²) in [6.07, 6.45) is 3.30. The van der Waals surface area contributed by atoms with Crippen molar-refractivity contribution in [3.05, 3.63) is 36.3 Å². The van der Waals surface area contributed by atoms with E-state index in [9.17, 15) is 13.2 Å². The van der Waals surface area contributed by atoms with Crippen LogP contribution in [0.3, 0.4) is 0 Å². The maximum atomic E-state index is 12.5. The van der Waals surface area contributed by atoms with Gasteiger partial charge in [0.15, 0.2) is 0 Å². The zero-order valence-electron chi connectivity index (χ0n) is 18.7. The molecule has 2 aromatic heterocycles. The monoisotopic (exact) mass is 446 g/mol. The first-order valence-corrected chi connectivity index (χ1v) is 11.9. The molecule has 2 heterocycles. The maximum Gasteiger partial charge on any atom is 0.242 e. The topological polar surface area (TPSA) is 102 Å². The van der Waals surface area contributed by atoms with Gasteiger partial charge in [0.2, 0.25) is 15.9 Å². The van der Waals surface area contributed by atoms with Crippen LogP contribution in [0.15, 0.2) is 35.4 Å². The predicted molar refractivity (Wildman–Crippen MR) is 120 cm³/mol. The van der Waals surface area contributed by atoms with E-state index in [2.05, 4.69) is 29.2 Å². The lowest BCUT2D eigenvalue weighted by molar-refractivity contribution is -0.116. The number of aromatic nitrogens is 4. The normalized spacial score (nSPS) is 13.1. The second-order valence-corrected chi connectivity index (χ2v) is 9.83. The molecule has 0 aliphatic heterocycles. The van der Waals surface area contributed by atoms with Crippen molar-refractivity contribution in [1.29, 1.82) is 0 Å². The van der Waals surface area contributed by atoms with Crippen LogP contribution >= 0.6 is 0 Å². The molecule has 1 amide bonds. The van der Waals surface area contributed by atoms with Crippen LogP contribution in [0.25, 0.3) is 11.0 Å². The second-order valence-electron chi connectivity index (χ2n) is 7.68. The summed E-state index contributed by atoms with van der Waals surface area (Å²) in [6.45, 7) is 6.80. The van der Waals surface area contributed by atoms with Gasteiger partial charge in [-0.05, 0) is 38.5 Å². The Balaban J connectivity index is 1.78. The highest BCUT2D eigenvalue weighted by Crippen LogP contribution is 2.23. The molecule has 1 aromatic carbocycles. The summed E-state index contributed by atoms with van der Waals surface area (Å²) in [5, 5.41) is 7.22. The molecule has 0 fully saturated rings. The molecule has 168 valence electrons. The standard InChI is InChI=1S/C21H30N6O3S/c1-6-15(3)27-20(12-13-22-27)24-21(28)11-10-19-23-17-14-16(31(29,30)25(4)5)8-9-18(17)26(19)7-2/h8-9,12-15H,6-7,10-11H2,1-5H3,(H,24,28). The van der Waals surface area contributed by atoms with Gasteiger partial charge in [0.05, 0.1) is 28.2 Å². The number of benzene rings is 1. The van der Waals surface area contributed by atoms with Gasteiger partial charge in [-0.25, -0.2) is 22.4 Å². The van der Waals surface area contributed by atoms with Gasteiger partial charge in [0.1, 0.15) is 11.6 Å². The Hall–Kier alpha value is -2.72. The highest BCUT2D eigenvalue weighted by Gasteiger charge is 2.20. The first kappa shape index (κ1) is 23.0. The second kappa shape index (κ2) is 9.19. The van der Waals surface area contributed by atoms with Gasteiger partial charge >= 0.3 is 0 Å². The summed E-state index contributed by atoms with van der Waals surface area (Å²) in [6, 6.07) is 6.94. The van der Waals surface area contributed by atoms with Gasteiger partial charge in [0.25, 0.3) is 0 Å². The third-order valence-electron chi connectivity index (χ3n) is 5.42. The van der Waals surface area contributed by atoms with E-state index in [4.69, 9.17) is 0 Å². The van der Waals surface area contributed by atoms with Gasteiger partial charge in [-0.2, -0.15) is 5.10 Å². The highest BCUT2D eigenvalue weighted by atomic mass is 32.2. The van der Waals surface area contributed by atoms with Crippen LogP contribution in [-0.4, -0.2) is 52.1 Å². The van der Waals surface area contributed by atoms with Crippen LogP contribution in [0.1, 0.15) is 45.5 Å². The molecule has 3 aromatic rings. The number of imidazole rings is 1. The third-order valence-corrected chi connectivity index (χ3v) is 7.23. The molecule has 3 rings (SSSR count). The van der Waals surface area contributed by atoms with E-state index in [0.717, 1.165) is 17.8 Å². The fraction of sp³-hybridized carbons (Fsp3) is 0.476. The minimum atomic E-state index is -3.54. The zero-order chi connectivity index (χ0) is 22.8. The molecular weight excluding hydrogens is 416 g/mol. The Morgan fingerprint density at radius 1 is 1.23 bits per heavy atom. The van der Waals surface area contributed by atoms with Crippen molar-refractivity contribution in [1.82, 2.24) is 23.6 Å². The van der Waals surface area contributed by atoms with Crippen LogP contribution < -0.4 is 5.32 Å². The van der Waals surface area contributed by atoms with Crippen molar-refractivity contribution in [3.8, 4) is 0 Å². The highest BCUT2D eigenvalue weighted by molar-refractivity contribution is 7.89. The van der Waals surface area contributed by atoms with Crippen molar-refractivity contribution < 1.29 is 13.2 Å². The van der Waals surface area contributed by atoms with Crippen molar-refractivity contribution in [3.63, 3.8) is 0 Å². The van der Waals surface area contributed by atoms with Crippen LogP contribution in [0.5, 0.6) is 0 Å². The number of nitrogens with zero attached hydrogens (tertiary/aromatic N) is 5. The Labute approximate surface area is 183 Å². The van der Waals surface area contributed by atoms with Gasteiger partial charge in [-0.1, -0.05) is 6.92 Å². The first-order valence-electron chi connectivity index (χ1n) is 10.4. The van der Waals surface area contributed by atoms with Crippen molar-refractivity contribution in [2.24, 2.45) is 0 Å². The first-order chi connectivity index (χ1) is 14.7. The molecule has 0 radical (unpaired) electrons. The smallest absolute Gasteiger partial charge is 0.242 e. The summed E-state index contributed by atoms with van der Waals surface area (Å²) >= 11 is 0. The predicted octanol–water partition coefficient (Wildman–Crippen LogP) is 3.05. The molecule has 0 saturated heterocycles. The molecule has 0 aliphatic carbocycles. The van der Waals surface area contributed by atoms with E-state index >= 15 is 0 Å². The minimum Gasteiger partial charge on any atom is -0.328 e. The number of fused-ring (bicyclic) bond motifs is 1. The number of carbonyl (C=O) groups is 1. The molecule has 31 heavy (non-hydrogen) atoms. The Morgan fingerprint density at radius 2 is 1.97 bits per heavy atom. The van der Waals surface area contributed by atoms with Crippen molar-refractivity contribution in [2.75, 3.05) is 19.4 Å². The molecule has 9 nitrogen and oxygen atoms in total. The van der Waals surface area contributed by atoms with Crippen molar-refractivity contribution >= 4 is 32.8 Å². The Bertz CT molecular complexity index is 1180. The lowest BCUT2D eigenvalue weighted by Crippen LogP contribution is -2.22. The van der Waals surface area contributed by atoms with Gasteiger partial charge < -0.3 is 9.88 Å². The lowest BCUT2D eigenvalue weighted by atomic mass is 10.2. The largest absolute Gasteiger partial charge is 0.328 e. The van der Waals surface area contributed by atoms with Crippen LogP contribution in [0.2, 0.25) is 0 Å². The van der Waals surface area contributed by atoms with E-state index in [1.54, 1.807) is 30.5 Å². The molecule has 0 bridgehead atoms. The van der Waals surface area contributed by atoms with E-state index in [1.807, 2.05) is 16.2 Å². The fourth-order valence-corrected chi connectivity index (χ4v) is 4.36. The molecule has 0 aliphatic rings. The van der Waals surface area contributed by atoms with E-state index in [-0.39, 0.29) is 23.3 Å². The molecule has 1 N–H and O–H groups in total. The molecule has 0 spiro atoms. The maximum absolute atomic E-state index is 12.5. The quantitative estimate of drug-likeness (QED) is 0.544. The number of aryl methyl sites for hydroxylation is 2. The van der Waals surface area contributed by atoms with E-state index in [0.29, 0.717) is 24.3 Å².